The topological polar surface area (TPSA) is 46.5 Å². The van der Waals surface area contributed by atoms with Gasteiger partial charge in [-0.25, -0.2) is 4.98 Å². The van der Waals surface area contributed by atoms with Crippen LogP contribution in [0.1, 0.15) is 5.56 Å². The lowest BCUT2D eigenvalue weighted by atomic mass is 10.2. The number of benzene rings is 2. The van der Waals surface area contributed by atoms with Gasteiger partial charge in [0.15, 0.2) is 0 Å². The molecule has 3 aromatic rings. The van der Waals surface area contributed by atoms with E-state index in [1.165, 1.54) is 11.3 Å². The Morgan fingerprint density at radius 3 is 2.57 bits per heavy atom. The molecule has 0 spiro atoms. The number of hydrogen-bond donors (Lipinski definition) is 1. The number of ether oxygens (including phenoxy) is 1. The lowest BCUT2D eigenvalue weighted by Crippen LogP contribution is -1.90. The number of anilines is 1. The maximum atomic E-state index is 5.12. The molecular formula is C17H14BrN3OS. The first kappa shape index (κ1) is 15.7. The fourth-order valence-electron chi connectivity index (χ4n) is 1.93. The van der Waals surface area contributed by atoms with E-state index in [1.807, 2.05) is 53.9 Å². The van der Waals surface area contributed by atoms with E-state index in [2.05, 4.69) is 31.4 Å². The SMILES string of the molecule is COc1ccc(/C=N\Nc2nc(-c3ccc(Br)cc3)cs2)cc1. The number of methoxy groups -OCH3 is 1. The van der Waals surface area contributed by atoms with Gasteiger partial charge in [-0.05, 0) is 42.0 Å². The van der Waals surface area contributed by atoms with Gasteiger partial charge in [-0.1, -0.05) is 28.1 Å². The van der Waals surface area contributed by atoms with Crippen LogP contribution in [0.15, 0.2) is 63.5 Å². The Bertz CT molecular complexity index is 797. The number of thiazole rings is 1. The van der Waals surface area contributed by atoms with Crippen molar-refractivity contribution in [2.45, 2.75) is 0 Å². The molecule has 0 amide bonds. The smallest absolute Gasteiger partial charge is 0.203 e. The summed E-state index contributed by atoms with van der Waals surface area (Å²) in [5.41, 5.74) is 5.96. The Hall–Kier alpha value is -2.18. The zero-order valence-electron chi connectivity index (χ0n) is 12.4. The van der Waals surface area contributed by atoms with Crippen LogP contribution in [-0.2, 0) is 0 Å². The summed E-state index contributed by atoms with van der Waals surface area (Å²) in [7, 11) is 1.65. The number of nitrogens with one attached hydrogen (secondary N) is 1. The van der Waals surface area contributed by atoms with E-state index in [0.29, 0.717) is 0 Å². The maximum absolute atomic E-state index is 5.12. The van der Waals surface area contributed by atoms with Gasteiger partial charge in [0.2, 0.25) is 5.13 Å². The quantitative estimate of drug-likeness (QED) is 0.493. The lowest BCUT2D eigenvalue weighted by Gasteiger charge is -1.99. The van der Waals surface area contributed by atoms with E-state index in [4.69, 9.17) is 4.74 Å². The Morgan fingerprint density at radius 1 is 1.13 bits per heavy atom. The van der Waals surface area contributed by atoms with Gasteiger partial charge in [-0.2, -0.15) is 5.10 Å². The van der Waals surface area contributed by atoms with Crippen LogP contribution in [0.5, 0.6) is 5.75 Å². The Labute approximate surface area is 147 Å². The molecule has 0 radical (unpaired) electrons. The van der Waals surface area contributed by atoms with Crippen molar-refractivity contribution >= 4 is 38.6 Å². The molecule has 0 aliphatic carbocycles. The van der Waals surface area contributed by atoms with E-state index >= 15 is 0 Å². The fourth-order valence-corrected chi connectivity index (χ4v) is 2.86. The van der Waals surface area contributed by atoms with Crippen LogP contribution in [0.25, 0.3) is 11.3 Å². The summed E-state index contributed by atoms with van der Waals surface area (Å²) in [4.78, 5) is 4.53. The number of hydrogen-bond acceptors (Lipinski definition) is 5. The first-order valence-electron chi connectivity index (χ1n) is 6.89. The molecule has 1 heterocycles. The van der Waals surface area contributed by atoms with E-state index in [9.17, 15) is 0 Å². The van der Waals surface area contributed by atoms with Crippen molar-refractivity contribution in [3.8, 4) is 17.0 Å². The highest BCUT2D eigenvalue weighted by Gasteiger charge is 2.03. The second-order valence-corrected chi connectivity index (χ2v) is 6.46. The van der Waals surface area contributed by atoms with Crippen LogP contribution in [-0.4, -0.2) is 18.3 Å². The highest BCUT2D eigenvalue weighted by atomic mass is 79.9. The zero-order chi connectivity index (χ0) is 16.1. The van der Waals surface area contributed by atoms with Crippen molar-refractivity contribution < 1.29 is 4.74 Å². The van der Waals surface area contributed by atoms with E-state index in [-0.39, 0.29) is 0 Å². The summed E-state index contributed by atoms with van der Waals surface area (Å²) in [5.74, 6) is 0.828. The van der Waals surface area contributed by atoms with Gasteiger partial charge in [0.25, 0.3) is 0 Å². The minimum atomic E-state index is 0.757. The predicted molar refractivity (Wildman–Crippen MR) is 99.5 cm³/mol. The molecule has 3 rings (SSSR count). The minimum absolute atomic E-state index is 0.757. The van der Waals surface area contributed by atoms with Gasteiger partial charge >= 0.3 is 0 Å². The summed E-state index contributed by atoms with van der Waals surface area (Å²) in [6.07, 6.45) is 1.75. The third kappa shape index (κ3) is 4.18. The molecule has 23 heavy (non-hydrogen) atoms. The van der Waals surface area contributed by atoms with E-state index in [1.54, 1.807) is 13.3 Å². The molecule has 116 valence electrons. The largest absolute Gasteiger partial charge is 0.497 e. The molecule has 4 nitrogen and oxygen atoms in total. The van der Waals surface area contributed by atoms with Gasteiger partial charge in [0.05, 0.1) is 19.0 Å². The van der Waals surface area contributed by atoms with Crippen LogP contribution in [0.4, 0.5) is 5.13 Å². The van der Waals surface area contributed by atoms with Crippen LogP contribution < -0.4 is 10.2 Å². The Morgan fingerprint density at radius 2 is 1.87 bits per heavy atom. The molecule has 1 N–H and O–H groups in total. The van der Waals surface area contributed by atoms with E-state index in [0.717, 1.165) is 32.2 Å². The molecule has 2 aromatic carbocycles. The van der Waals surface area contributed by atoms with E-state index < -0.39 is 0 Å². The summed E-state index contributed by atoms with van der Waals surface area (Å²) in [6.45, 7) is 0. The fraction of sp³-hybridized carbons (Fsp3) is 0.0588. The van der Waals surface area contributed by atoms with Crippen molar-refractivity contribution in [3.05, 3.63) is 63.9 Å². The van der Waals surface area contributed by atoms with Crippen LogP contribution >= 0.6 is 27.3 Å². The summed E-state index contributed by atoms with van der Waals surface area (Å²) in [5, 5.41) is 6.98. The first-order chi connectivity index (χ1) is 11.2. The number of halogens is 1. The molecule has 1 aromatic heterocycles. The van der Waals surface area contributed by atoms with Crippen LogP contribution in [0.3, 0.4) is 0 Å². The highest BCUT2D eigenvalue weighted by Crippen LogP contribution is 2.26. The van der Waals surface area contributed by atoms with Crippen molar-refractivity contribution in [1.82, 2.24) is 4.98 Å². The lowest BCUT2D eigenvalue weighted by molar-refractivity contribution is 0.415. The van der Waals surface area contributed by atoms with Gasteiger partial charge in [-0.15, -0.1) is 11.3 Å². The first-order valence-corrected chi connectivity index (χ1v) is 8.56. The predicted octanol–water partition coefficient (Wildman–Crippen LogP) is 5.03. The van der Waals surface area contributed by atoms with Gasteiger partial charge < -0.3 is 4.74 Å². The Kier molecular flexibility index (Phi) is 5.05. The number of rotatable bonds is 5. The molecule has 6 heteroatoms. The Balaban J connectivity index is 1.64. The van der Waals surface area contributed by atoms with Gasteiger partial charge in [-0.3, -0.25) is 5.43 Å². The van der Waals surface area contributed by atoms with Crippen LogP contribution in [0.2, 0.25) is 0 Å². The third-order valence-corrected chi connectivity index (χ3v) is 4.41. The molecule has 0 fully saturated rings. The maximum Gasteiger partial charge on any atom is 0.203 e. The molecule has 0 unspecified atom stereocenters. The number of aromatic nitrogens is 1. The second-order valence-electron chi connectivity index (χ2n) is 4.69. The average Bonchev–Trinajstić information content (AvgIpc) is 3.05. The zero-order valence-corrected chi connectivity index (χ0v) is 14.8. The highest BCUT2D eigenvalue weighted by molar-refractivity contribution is 9.10. The molecular weight excluding hydrogens is 374 g/mol. The van der Waals surface area contributed by atoms with Gasteiger partial charge in [0.1, 0.15) is 5.75 Å². The summed E-state index contributed by atoms with van der Waals surface area (Å²) >= 11 is 4.95. The third-order valence-electron chi connectivity index (χ3n) is 3.13. The molecule has 0 saturated heterocycles. The van der Waals surface area contributed by atoms with Crippen molar-refractivity contribution in [1.29, 1.82) is 0 Å². The molecule has 0 bridgehead atoms. The molecule has 0 aliphatic heterocycles. The summed E-state index contributed by atoms with van der Waals surface area (Å²) in [6, 6.07) is 15.8. The normalized spacial score (nSPS) is 10.9. The standard InChI is InChI=1S/C17H14BrN3OS/c1-22-15-8-2-12(3-9-15)10-19-21-17-20-16(11-23-17)13-4-6-14(18)7-5-13/h2-11H,1H3,(H,20,21)/b19-10-. The summed E-state index contributed by atoms with van der Waals surface area (Å²) < 4.78 is 6.18. The monoisotopic (exact) mass is 387 g/mol. The number of hydrazone groups is 1. The minimum Gasteiger partial charge on any atom is -0.497 e. The van der Waals surface area contributed by atoms with Crippen molar-refractivity contribution in [2.75, 3.05) is 12.5 Å². The van der Waals surface area contributed by atoms with Crippen molar-refractivity contribution in [3.63, 3.8) is 0 Å². The molecule has 0 aliphatic rings. The second kappa shape index (κ2) is 7.39. The molecule has 0 atom stereocenters. The van der Waals surface area contributed by atoms with Crippen LogP contribution in [0, 0.1) is 0 Å². The number of nitrogens with zero attached hydrogens (tertiary/aromatic N) is 2. The van der Waals surface area contributed by atoms with Gasteiger partial charge in [0, 0.05) is 15.4 Å². The average molecular weight is 388 g/mol. The van der Waals surface area contributed by atoms with Crippen molar-refractivity contribution in [2.24, 2.45) is 5.10 Å². The molecule has 0 saturated carbocycles.